The minimum absolute atomic E-state index is 0.0271. The van der Waals surface area contributed by atoms with E-state index in [1.807, 2.05) is 5.43 Å². The maximum atomic E-state index is 12.3. The summed E-state index contributed by atoms with van der Waals surface area (Å²) < 4.78 is 37.0. The number of halogens is 4. The van der Waals surface area contributed by atoms with Gasteiger partial charge in [0.1, 0.15) is 11.9 Å². The molecule has 0 aliphatic rings. The van der Waals surface area contributed by atoms with Gasteiger partial charge >= 0.3 is 6.18 Å². The maximum Gasteiger partial charge on any atom is 0.417 e. The number of amides is 1. The SMILES string of the molecule is C[C@@H](Nc1ncc(C(F)(F)F)cc1Cl)C(=O)NN. The van der Waals surface area contributed by atoms with Crippen LogP contribution in [0.4, 0.5) is 19.0 Å². The summed E-state index contributed by atoms with van der Waals surface area (Å²) in [6, 6.07) is -0.0546. The summed E-state index contributed by atoms with van der Waals surface area (Å²) in [6.07, 6.45) is -3.89. The highest BCUT2D eigenvalue weighted by Crippen LogP contribution is 2.32. The minimum atomic E-state index is -4.52. The molecule has 0 saturated carbocycles. The third-order valence-corrected chi connectivity index (χ3v) is 2.35. The number of pyridine rings is 1. The van der Waals surface area contributed by atoms with E-state index in [0.29, 0.717) is 6.20 Å². The van der Waals surface area contributed by atoms with E-state index in [9.17, 15) is 18.0 Å². The molecule has 0 radical (unpaired) electrons. The predicted molar refractivity (Wildman–Crippen MR) is 59.7 cm³/mol. The van der Waals surface area contributed by atoms with Crippen LogP contribution in [0.25, 0.3) is 0 Å². The number of rotatable bonds is 3. The van der Waals surface area contributed by atoms with Gasteiger partial charge in [-0.1, -0.05) is 11.6 Å². The first-order chi connectivity index (χ1) is 8.25. The maximum absolute atomic E-state index is 12.3. The quantitative estimate of drug-likeness (QED) is 0.446. The van der Waals surface area contributed by atoms with Crippen molar-refractivity contribution >= 4 is 23.3 Å². The molecule has 0 aliphatic carbocycles. The van der Waals surface area contributed by atoms with Gasteiger partial charge in [0.05, 0.1) is 10.6 Å². The van der Waals surface area contributed by atoms with Crippen LogP contribution in [-0.2, 0) is 11.0 Å². The Morgan fingerprint density at radius 1 is 1.56 bits per heavy atom. The van der Waals surface area contributed by atoms with Gasteiger partial charge in [0, 0.05) is 6.20 Å². The molecular formula is C9H10ClF3N4O. The number of anilines is 1. The van der Waals surface area contributed by atoms with Crippen LogP contribution in [0.3, 0.4) is 0 Å². The first kappa shape index (κ1) is 14.5. The lowest BCUT2D eigenvalue weighted by Crippen LogP contribution is -2.41. The van der Waals surface area contributed by atoms with Crippen LogP contribution in [0.15, 0.2) is 12.3 Å². The number of carbonyl (C=O) groups is 1. The van der Waals surface area contributed by atoms with Gasteiger partial charge in [0.15, 0.2) is 0 Å². The smallest absolute Gasteiger partial charge is 0.357 e. The summed E-state index contributed by atoms with van der Waals surface area (Å²) in [5.74, 6) is 4.33. The molecule has 0 saturated heterocycles. The number of nitrogens with one attached hydrogen (secondary N) is 2. The summed E-state index contributed by atoms with van der Waals surface area (Å²) in [7, 11) is 0. The lowest BCUT2D eigenvalue weighted by molar-refractivity contribution is -0.137. The third kappa shape index (κ3) is 3.47. The second-order valence-electron chi connectivity index (χ2n) is 3.43. The number of hydrazine groups is 1. The molecule has 0 aliphatic heterocycles. The molecule has 0 aromatic carbocycles. The first-order valence-electron chi connectivity index (χ1n) is 4.75. The molecule has 5 nitrogen and oxygen atoms in total. The Morgan fingerprint density at radius 3 is 2.61 bits per heavy atom. The number of alkyl halides is 3. The van der Waals surface area contributed by atoms with E-state index < -0.39 is 23.7 Å². The summed E-state index contributed by atoms with van der Waals surface area (Å²) in [4.78, 5) is 14.6. The van der Waals surface area contributed by atoms with Crippen molar-refractivity contribution in [3.05, 3.63) is 22.8 Å². The summed E-state index contributed by atoms with van der Waals surface area (Å²) >= 11 is 5.64. The van der Waals surface area contributed by atoms with Crippen LogP contribution in [0.2, 0.25) is 5.02 Å². The van der Waals surface area contributed by atoms with Crippen LogP contribution in [0.5, 0.6) is 0 Å². The average Bonchev–Trinajstić information content (AvgIpc) is 2.29. The number of nitrogens with zero attached hydrogens (tertiary/aromatic N) is 1. The zero-order chi connectivity index (χ0) is 13.9. The van der Waals surface area contributed by atoms with Crippen LogP contribution in [0, 0.1) is 0 Å². The van der Waals surface area contributed by atoms with Gasteiger partial charge in [-0.05, 0) is 13.0 Å². The highest BCUT2D eigenvalue weighted by atomic mass is 35.5. The molecule has 18 heavy (non-hydrogen) atoms. The normalized spacial score (nSPS) is 13.0. The number of hydrogen-bond donors (Lipinski definition) is 3. The molecular weight excluding hydrogens is 273 g/mol. The van der Waals surface area contributed by atoms with Crippen molar-refractivity contribution < 1.29 is 18.0 Å². The fourth-order valence-corrected chi connectivity index (χ4v) is 1.32. The van der Waals surface area contributed by atoms with Crippen molar-refractivity contribution in [3.8, 4) is 0 Å². The van der Waals surface area contributed by atoms with Gasteiger partial charge in [-0.25, -0.2) is 10.8 Å². The second-order valence-corrected chi connectivity index (χ2v) is 3.83. The van der Waals surface area contributed by atoms with E-state index in [2.05, 4.69) is 10.3 Å². The van der Waals surface area contributed by atoms with Crippen molar-refractivity contribution in [2.24, 2.45) is 5.84 Å². The Balaban J connectivity index is 2.90. The monoisotopic (exact) mass is 282 g/mol. The molecule has 0 unspecified atom stereocenters. The van der Waals surface area contributed by atoms with E-state index in [4.69, 9.17) is 17.4 Å². The fourth-order valence-electron chi connectivity index (χ4n) is 1.09. The second kappa shape index (κ2) is 5.40. The van der Waals surface area contributed by atoms with E-state index in [1.54, 1.807) is 0 Å². The van der Waals surface area contributed by atoms with Crippen LogP contribution in [-0.4, -0.2) is 16.9 Å². The van der Waals surface area contributed by atoms with E-state index in [1.165, 1.54) is 6.92 Å². The van der Waals surface area contributed by atoms with Crippen molar-refractivity contribution in [1.82, 2.24) is 10.4 Å². The largest absolute Gasteiger partial charge is 0.417 e. The summed E-state index contributed by atoms with van der Waals surface area (Å²) in [5.41, 5.74) is 0.924. The van der Waals surface area contributed by atoms with Crippen molar-refractivity contribution in [3.63, 3.8) is 0 Å². The zero-order valence-electron chi connectivity index (χ0n) is 9.18. The first-order valence-corrected chi connectivity index (χ1v) is 5.13. The topological polar surface area (TPSA) is 80.0 Å². The summed E-state index contributed by atoms with van der Waals surface area (Å²) in [5, 5.41) is 2.30. The Hall–Kier alpha value is -1.54. The van der Waals surface area contributed by atoms with Gasteiger partial charge in [0.2, 0.25) is 0 Å². The Morgan fingerprint density at radius 2 is 2.17 bits per heavy atom. The van der Waals surface area contributed by atoms with Crippen LogP contribution < -0.4 is 16.6 Å². The Labute approximate surface area is 105 Å². The van der Waals surface area contributed by atoms with E-state index >= 15 is 0 Å². The van der Waals surface area contributed by atoms with Crippen molar-refractivity contribution in [1.29, 1.82) is 0 Å². The lowest BCUT2D eigenvalue weighted by Gasteiger charge is -2.14. The fraction of sp³-hybridized carbons (Fsp3) is 0.333. The predicted octanol–water partition coefficient (Wildman–Crippen LogP) is 1.54. The molecule has 1 aromatic heterocycles. The Bertz CT molecular complexity index is 452. The third-order valence-electron chi connectivity index (χ3n) is 2.06. The molecule has 4 N–H and O–H groups in total. The van der Waals surface area contributed by atoms with Gasteiger partial charge < -0.3 is 5.32 Å². The average molecular weight is 283 g/mol. The van der Waals surface area contributed by atoms with Gasteiger partial charge in [-0.2, -0.15) is 13.2 Å². The summed E-state index contributed by atoms with van der Waals surface area (Å²) in [6.45, 7) is 1.46. The van der Waals surface area contributed by atoms with E-state index in [-0.39, 0.29) is 10.8 Å². The number of hydrogen-bond acceptors (Lipinski definition) is 4. The van der Waals surface area contributed by atoms with Gasteiger partial charge in [0.25, 0.3) is 5.91 Å². The zero-order valence-corrected chi connectivity index (χ0v) is 9.93. The molecule has 1 heterocycles. The van der Waals surface area contributed by atoms with Gasteiger partial charge in [-0.15, -0.1) is 0 Å². The Kier molecular flexibility index (Phi) is 4.36. The molecule has 1 aromatic rings. The van der Waals surface area contributed by atoms with E-state index in [0.717, 1.165) is 6.07 Å². The molecule has 1 amide bonds. The molecule has 1 atom stereocenters. The molecule has 100 valence electrons. The van der Waals surface area contributed by atoms with Crippen LogP contribution >= 0.6 is 11.6 Å². The van der Waals surface area contributed by atoms with Crippen LogP contribution in [0.1, 0.15) is 12.5 Å². The minimum Gasteiger partial charge on any atom is -0.357 e. The molecule has 0 spiro atoms. The standard InChI is InChI=1S/C9H10ClF3N4O/c1-4(8(18)17-14)16-7-6(10)2-5(3-15-7)9(11,12)13/h2-4H,14H2,1H3,(H,15,16)(H,17,18)/t4-/m1/s1. The van der Waals surface area contributed by atoms with Crippen molar-refractivity contribution in [2.45, 2.75) is 19.1 Å². The van der Waals surface area contributed by atoms with Crippen molar-refractivity contribution in [2.75, 3.05) is 5.32 Å². The molecule has 0 bridgehead atoms. The molecule has 9 heteroatoms. The number of carbonyl (C=O) groups excluding carboxylic acids is 1. The van der Waals surface area contributed by atoms with Gasteiger partial charge in [-0.3, -0.25) is 10.2 Å². The number of aromatic nitrogens is 1. The molecule has 1 rings (SSSR count). The number of nitrogens with two attached hydrogens (primary N) is 1. The molecule has 0 fully saturated rings. The highest BCUT2D eigenvalue weighted by Gasteiger charge is 2.31. The lowest BCUT2D eigenvalue weighted by atomic mass is 10.2. The highest BCUT2D eigenvalue weighted by molar-refractivity contribution is 6.33.